The lowest BCUT2D eigenvalue weighted by molar-refractivity contribution is 0.453. The second kappa shape index (κ2) is 7.82. The molecule has 0 saturated heterocycles. The van der Waals surface area contributed by atoms with Gasteiger partial charge in [0.05, 0.1) is 0 Å². The third-order valence-electron chi connectivity index (χ3n) is 2.86. The van der Waals surface area contributed by atoms with E-state index >= 15 is 0 Å². The first-order valence-corrected chi connectivity index (χ1v) is 6.62. The molecule has 0 aliphatic heterocycles. The smallest absolute Gasteiger partial charge is 0.102 e. The van der Waals surface area contributed by atoms with E-state index in [4.69, 9.17) is 23.2 Å². The summed E-state index contributed by atoms with van der Waals surface area (Å²) in [5.41, 5.74) is 0. The normalized spacial score (nSPS) is 14.4. The van der Waals surface area contributed by atoms with E-state index in [0.717, 1.165) is 6.42 Å². The first-order valence-electron chi connectivity index (χ1n) is 5.86. The van der Waals surface area contributed by atoms with Crippen LogP contribution in [0.3, 0.4) is 0 Å². The number of rotatable bonds is 8. The minimum Gasteiger partial charge on any atom is -0.102 e. The third kappa shape index (κ3) is 7.94. The number of hydrogen-bond donors (Lipinski definition) is 0. The SMILES string of the molecule is CCCCCCCCC(C)C(C)(Cl)Cl. The van der Waals surface area contributed by atoms with E-state index in [1.807, 2.05) is 6.92 Å². The number of unbranched alkanes of at least 4 members (excludes halogenated alkanes) is 5. The molecule has 0 fully saturated rings. The van der Waals surface area contributed by atoms with E-state index in [-0.39, 0.29) is 0 Å². The molecule has 2 heteroatoms. The molecule has 1 atom stereocenters. The van der Waals surface area contributed by atoms with Gasteiger partial charge in [0.15, 0.2) is 0 Å². The molecule has 86 valence electrons. The maximum Gasteiger partial charge on any atom is 0.118 e. The Bertz CT molecular complexity index is 127. The quantitative estimate of drug-likeness (QED) is 0.384. The lowest BCUT2D eigenvalue weighted by Gasteiger charge is -2.21. The van der Waals surface area contributed by atoms with Gasteiger partial charge in [0.2, 0.25) is 0 Å². The molecule has 0 aliphatic carbocycles. The Labute approximate surface area is 99.4 Å². The van der Waals surface area contributed by atoms with E-state index in [2.05, 4.69) is 13.8 Å². The third-order valence-corrected chi connectivity index (χ3v) is 3.60. The van der Waals surface area contributed by atoms with E-state index in [0.29, 0.717) is 5.92 Å². The maximum atomic E-state index is 6.01. The van der Waals surface area contributed by atoms with Crippen molar-refractivity contribution in [3.05, 3.63) is 0 Å². The molecule has 0 nitrogen and oxygen atoms in total. The van der Waals surface area contributed by atoms with Crippen molar-refractivity contribution in [2.45, 2.75) is 70.1 Å². The fourth-order valence-electron chi connectivity index (χ4n) is 1.48. The average molecular weight is 239 g/mol. The summed E-state index contributed by atoms with van der Waals surface area (Å²) in [7, 11) is 0. The van der Waals surface area contributed by atoms with Crippen LogP contribution in [0.4, 0.5) is 0 Å². The zero-order valence-electron chi connectivity index (χ0n) is 9.78. The van der Waals surface area contributed by atoms with Gasteiger partial charge in [-0.15, -0.1) is 23.2 Å². The molecule has 14 heavy (non-hydrogen) atoms. The van der Waals surface area contributed by atoms with Gasteiger partial charge in [-0.1, -0.05) is 52.4 Å². The first kappa shape index (κ1) is 14.6. The minimum absolute atomic E-state index is 0.400. The molecule has 0 radical (unpaired) electrons. The fraction of sp³-hybridized carbons (Fsp3) is 1.00. The lowest BCUT2D eigenvalue weighted by atomic mass is 9.99. The molecular formula is C12H24Cl2. The highest BCUT2D eigenvalue weighted by Gasteiger charge is 2.24. The molecule has 1 unspecified atom stereocenters. The summed E-state index contributed by atoms with van der Waals surface area (Å²) in [6.45, 7) is 6.26. The van der Waals surface area contributed by atoms with Crippen molar-refractivity contribution in [2.24, 2.45) is 5.92 Å². The Morgan fingerprint density at radius 3 is 2.00 bits per heavy atom. The van der Waals surface area contributed by atoms with Crippen LogP contribution in [0, 0.1) is 5.92 Å². The Morgan fingerprint density at radius 2 is 1.50 bits per heavy atom. The van der Waals surface area contributed by atoms with Crippen molar-refractivity contribution in [3.63, 3.8) is 0 Å². The van der Waals surface area contributed by atoms with Gasteiger partial charge >= 0.3 is 0 Å². The summed E-state index contributed by atoms with van der Waals surface area (Å²) in [6, 6.07) is 0. The maximum absolute atomic E-state index is 6.01. The van der Waals surface area contributed by atoms with Crippen LogP contribution in [-0.4, -0.2) is 4.33 Å². The Balaban J connectivity index is 3.28. The number of halogens is 2. The van der Waals surface area contributed by atoms with Crippen LogP contribution >= 0.6 is 23.2 Å². The van der Waals surface area contributed by atoms with Gasteiger partial charge in [-0.3, -0.25) is 0 Å². The predicted octanol–water partition coefficient (Wildman–Crippen LogP) is 5.57. The Kier molecular flexibility index (Phi) is 8.14. The van der Waals surface area contributed by atoms with Crippen LogP contribution < -0.4 is 0 Å². The molecule has 0 heterocycles. The van der Waals surface area contributed by atoms with Gasteiger partial charge in [0.25, 0.3) is 0 Å². The molecule has 0 aliphatic rings. The topological polar surface area (TPSA) is 0 Å². The molecule has 0 bridgehead atoms. The molecule has 0 aromatic heterocycles. The van der Waals surface area contributed by atoms with Crippen LogP contribution in [0.2, 0.25) is 0 Å². The van der Waals surface area contributed by atoms with Crippen LogP contribution in [0.5, 0.6) is 0 Å². The molecule has 0 aromatic carbocycles. The predicted molar refractivity (Wildman–Crippen MR) is 67.3 cm³/mol. The summed E-state index contributed by atoms with van der Waals surface area (Å²) in [5.74, 6) is 0.400. The van der Waals surface area contributed by atoms with Gasteiger partial charge in [-0.25, -0.2) is 0 Å². The highest BCUT2D eigenvalue weighted by atomic mass is 35.5. The number of hydrogen-bond acceptors (Lipinski definition) is 0. The van der Waals surface area contributed by atoms with Crippen molar-refractivity contribution >= 4 is 23.2 Å². The fourth-order valence-corrected chi connectivity index (χ4v) is 1.70. The van der Waals surface area contributed by atoms with Gasteiger partial charge < -0.3 is 0 Å². The summed E-state index contributed by atoms with van der Waals surface area (Å²) < 4.78 is -0.552. The van der Waals surface area contributed by atoms with Crippen LogP contribution in [0.25, 0.3) is 0 Å². The van der Waals surface area contributed by atoms with Crippen molar-refractivity contribution in [3.8, 4) is 0 Å². The molecule has 0 N–H and O–H groups in total. The molecule has 0 spiro atoms. The van der Waals surface area contributed by atoms with E-state index < -0.39 is 4.33 Å². The van der Waals surface area contributed by atoms with Crippen LogP contribution in [0.15, 0.2) is 0 Å². The molecule has 0 rings (SSSR count). The average Bonchev–Trinajstić information content (AvgIpc) is 2.09. The van der Waals surface area contributed by atoms with Crippen LogP contribution in [-0.2, 0) is 0 Å². The largest absolute Gasteiger partial charge is 0.118 e. The monoisotopic (exact) mass is 238 g/mol. The minimum atomic E-state index is -0.552. The zero-order chi connectivity index (χ0) is 11.0. The number of alkyl halides is 2. The summed E-state index contributed by atoms with van der Waals surface area (Å²) in [6.07, 6.45) is 9.17. The van der Waals surface area contributed by atoms with Crippen molar-refractivity contribution in [1.29, 1.82) is 0 Å². The second-order valence-corrected chi connectivity index (χ2v) is 6.18. The summed E-state index contributed by atoms with van der Waals surface area (Å²) in [4.78, 5) is 0. The Morgan fingerprint density at radius 1 is 1.00 bits per heavy atom. The molecule has 0 amide bonds. The summed E-state index contributed by atoms with van der Waals surface area (Å²) in [5, 5.41) is 0. The van der Waals surface area contributed by atoms with Crippen molar-refractivity contribution in [1.82, 2.24) is 0 Å². The van der Waals surface area contributed by atoms with E-state index in [1.165, 1.54) is 38.5 Å². The zero-order valence-corrected chi connectivity index (χ0v) is 11.3. The first-order chi connectivity index (χ1) is 6.48. The molecule has 0 aromatic rings. The standard InChI is InChI=1S/C12H24Cl2/c1-4-5-6-7-8-9-10-11(2)12(3,13)14/h11H,4-10H2,1-3H3. The van der Waals surface area contributed by atoms with Crippen molar-refractivity contribution < 1.29 is 0 Å². The molecule has 0 saturated carbocycles. The van der Waals surface area contributed by atoms with Gasteiger partial charge in [-0.2, -0.15) is 0 Å². The van der Waals surface area contributed by atoms with Gasteiger partial charge in [-0.05, 0) is 19.3 Å². The lowest BCUT2D eigenvalue weighted by Crippen LogP contribution is -2.18. The highest BCUT2D eigenvalue weighted by Crippen LogP contribution is 2.32. The van der Waals surface area contributed by atoms with Crippen molar-refractivity contribution in [2.75, 3.05) is 0 Å². The molecular weight excluding hydrogens is 215 g/mol. The van der Waals surface area contributed by atoms with Gasteiger partial charge in [0.1, 0.15) is 4.33 Å². The van der Waals surface area contributed by atoms with E-state index in [9.17, 15) is 0 Å². The van der Waals surface area contributed by atoms with Gasteiger partial charge in [0, 0.05) is 0 Å². The van der Waals surface area contributed by atoms with E-state index in [1.54, 1.807) is 0 Å². The Hall–Kier alpha value is 0.580. The summed E-state index contributed by atoms with van der Waals surface area (Å²) >= 11 is 12.0. The van der Waals surface area contributed by atoms with Crippen LogP contribution in [0.1, 0.15) is 65.7 Å². The second-order valence-electron chi connectivity index (χ2n) is 4.41. The highest BCUT2D eigenvalue weighted by molar-refractivity contribution is 6.48.